The molecule has 0 saturated carbocycles. The van der Waals surface area contributed by atoms with E-state index in [9.17, 15) is 10.1 Å². The Morgan fingerprint density at radius 1 is 1.33 bits per heavy atom. The van der Waals surface area contributed by atoms with E-state index in [1.54, 1.807) is 36.1 Å². The first-order valence-electron chi connectivity index (χ1n) is 6.27. The van der Waals surface area contributed by atoms with E-state index in [2.05, 4.69) is 20.4 Å². The summed E-state index contributed by atoms with van der Waals surface area (Å²) in [5.74, 6) is 0.675. The van der Waals surface area contributed by atoms with Crippen molar-refractivity contribution in [3.05, 3.63) is 52.5 Å². The van der Waals surface area contributed by atoms with Gasteiger partial charge in [0, 0.05) is 13.1 Å². The number of nitro benzene ring substituents is 1. The van der Waals surface area contributed by atoms with Crippen LogP contribution in [0.1, 0.15) is 5.56 Å². The maximum atomic E-state index is 11.1. The number of fused-ring (bicyclic) bond motifs is 1. The van der Waals surface area contributed by atoms with Gasteiger partial charge >= 0.3 is 0 Å². The van der Waals surface area contributed by atoms with Crippen LogP contribution in [-0.4, -0.2) is 31.7 Å². The number of aromatic nitrogens is 4. The number of nitrogens with one attached hydrogen (secondary N) is 1. The van der Waals surface area contributed by atoms with E-state index in [1.807, 2.05) is 0 Å². The van der Waals surface area contributed by atoms with Crippen LogP contribution in [0.15, 0.2) is 36.8 Å². The summed E-state index contributed by atoms with van der Waals surface area (Å²) in [6.45, 7) is 0.279. The number of hydrogen-bond donors (Lipinski definition) is 1. The molecule has 0 atom stereocenters. The van der Waals surface area contributed by atoms with Crippen LogP contribution < -0.4 is 5.32 Å². The molecule has 8 nitrogen and oxygen atoms in total. The summed E-state index contributed by atoms with van der Waals surface area (Å²) in [6.07, 6.45) is 3.09. The molecule has 3 aromatic rings. The van der Waals surface area contributed by atoms with Gasteiger partial charge in [-0.1, -0.05) is 18.2 Å². The molecule has 0 amide bonds. The fraction of sp³-hybridized carbons (Fsp3) is 0.154. The zero-order valence-corrected chi connectivity index (χ0v) is 11.2. The molecule has 0 unspecified atom stereocenters. The lowest BCUT2D eigenvalue weighted by Gasteiger charge is -2.05. The average Bonchev–Trinajstić information content (AvgIpc) is 2.91. The lowest BCUT2D eigenvalue weighted by molar-refractivity contribution is -0.385. The van der Waals surface area contributed by atoms with Gasteiger partial charge in [-0.15, -0.1) is 0 Å². The number of anilines is 1. The molecule has 3 rings (SSSR count). The van der Waals surface area contributed by atoms with Gasteiger partial charge in [0.05, 0.1) is 28.6 Å². The molecule has 0 aliphatic rings. The van der Waals surface area contributed by atoms with E-state index in [0.717, 1.165) is 5.39 Å². The Morgan fingerprint density at radius 2 is 2.14 bits per heavy atom. The smallest absolute Gasteiger partial charge is 0.274 e. The highest BCUT2D eigenvalue weighted by atomic mass is 16.6. The SMILES string of the molecule is CNc1ncnc2c1cnn2Cc1ccccc1[N+](=O)[O-]. The number of hydrogen-bond acceptors (Lipinski definition) is 6. The third-order valence-corrected chi connectivity index (χ3v) is 3.18. The molecule has 0 fully saturated rings. The van der Waals surface area contributed by atoms with Gasteiger partial charge in [-0.25, -0.2) is 14.6 Å². The minimum Gasteiger partial charge on any atom is -0.372 e. The summed E-state index contributed by atoms with van der Waals surface area (Å²) in [7, 11) is 1.77. The van der Waals surface area contributed by atoms with E-state index in [1.165, 1.54) is 12.4 Å². The van der Waals surface area contributed by atoms with Gasteiger partial charge < -0.3 is 5.32 Å². The van der Waals surface area contributed by atoms with Crippen molar-refractivity contribution in [1.82, 2.24) is 19.7 Å². The van der Waals surface area contributed by atoms with Crippen LogP contribution >= 0.6 is 0 Å². The summed E-state index contributed by atoms with van der Waals surface area (Å²) >= 11 is 0. The standard InChI is InChI=1S/C13H12N6O2/c1-14-12-10-6-17-18(13(10)16-8-15-12)7-9-4-2-3-5-11(9)19(20)21/h2-6,8H,7H2,1H3,(H,14,15,16). The molecule has 1 N–H and O–H groups in total. The molecule has 0 bridgehead atoms. The Balaban J connectivity index is 2.05. The van der Waals surface area contributed by atoms with Crippen LogP contribution in [0.2, 0.25) is 0 Å². The molecule has 106 valence electrons. The topological polar surface area (TPSA) is 98.8 Å². The molecule has 0 spiro atoms. The molecule has 0 radical (unpaired) electrons. The number of benzene rings is 1. The van der Waals surface area contributed by atoms with Crippen molar-refractivity contribution >= 4 is 22.5 Å². The molecule has 2 aromatic heterocycles. The highest BCUT2D eigenvalue weighted by Gasteiger charge is 2.15. The number of nitrogens with zero attached hydrogens (tertiary/aromatic N) is 5. The molecule has 1 aromatic carbocycles. The molecule has 0 saturated heterocycles. The Bertz CT molecular complexity index is 813. The highest BCUT2D eigenvalue weighted by molar-refractivity contribution is 5.85. The highest BCUT2D eigenvalue weighted by Crippen LogP contribution is 2.22. The van der Waals surface area contributed by atoms with Crippen LogP contribution in [0.4, 0.5) is 11.5 Å². The predicted octanol–water partition coefficient (Wildman–Crippen LogP) is 1.82. The number of rotatable bonds is 4. The van der Waals surface area contributed by atoms with Gasteiger partial charge in [-0.2, -0.15) is 5.10 Å². The first-order valence-corrected chi connectivity index (χ1v) is 6.27. The normalized spacial score (nSPS) is 10.7. The number of nitro groups is 1. The van der Waals surface area contributed by atoms with E-state index in [-0.39, 0.29) is 12.2 Å². The largest absolute Gasteiger partial charge is 0.372 e. The second-order valence-electron chi connectivity index (χ2n) is 4.40. The van der Waals surface area contributed by atoms with E-state index in [0.29, 0.717) is 17.0 Å². The molecular formula is C13H12N6O2. The zero-order valence-electron chi connectivity index (χ0n) is 11.2. The lowest BCUT2D eigenvalue weighted by Crippen LogP contribution is -2.05. The summed E-state index contributed by atoms with van der Waals surface area (Å²) in [6, 6.07) is 6.60. The van der Waals surface area contributed by atoms with Crippen LogP contribution in [0, 0.1) is 10.1 Å². The van der Waals surface area contributed by atoms with Crippen LogP contribution in [0.25, 0.3) is 11.0 Å². The van der Waals surface area contributed by atoms with E-state index >= 15 is 0 Å². The summed E-state index contributed by atoms with van der Waals surface area (Å²) in [4.78, 5) is 19.0. The van der Waals surface area contributed by atoms with Crippen LogP contribution in [-0.2, 0) is 6.54 Å². The maximum Gasteiger partial charge on any atom is 0.274 e. The molecule has 0 aliphatic carbocycles. The summed E-state index contributed by atoms with van der Waals surface area (Å²) < 4.78 is 1.63. The Labute approximate surface area is 119 Å². The van der Waals surface area contributed by atoms with Crippen LogP contribution in [0.3, 0.4) is 0 Å². The van der Waals surface area contributed by atoms with Crippen molar-refractivity contribution in [3.63, 3.8) is 0 Å². The fourth-order valence-electron chi connectivity index (χ4n) is 2.19. The van der Waals surface area contributed by atoms with Crippen molar-refractivity contribution in [2.45, 2.75) is 6.54 Å². The van der Waals surface area contributed by atoms with Crippen molar-refractivity contribution in [2.75, 3.05) is 12.4 Å². The predicted molar refractivity (Wildman–Crippen MR) is 77.1 cm³/mol. The van der Waals surface area contributed by atoms with Crippen LogP contribution in [0.5, 0.6) is 0 Å². The first kappa shape index (κ1) is 13.0. The molecule has 21 heavy (non-hydrogen) atoms. The first-order chi connectivity index (χ1) is 10.2. The zero-order chi connectivity index (χ0) is 14.8. The maximum absolute atomic E-state index is 11.1. The monoisotopic (exact) mass is 284 g/mol. The minimum atomic E-state index is -0.394. The quantitative estimate of drug-likeness (QED) is 0.579. The van der Waals surface area contributed by atoms with Gasteiger partial charge in [0.1, 0.15) is 12.1 Å². The molecule has 8 heteroatoms. The van der Waals surface area contributed by atoms with Crippen molar-refractivity contribution < 1.29 is 4.92 Å². The van der Waals surface area contributed by atoms with Gasteiger partial charge in [0.15, 0.2) is 5.65 Å². The Hall–Kier alpha value is -3.03. The fourth-order valence-corrected chi connectivity index (χ4v) is 2.19. The van der Waals surface area contributed by atoms with Crippen molar-refractivity contribution in [3.8, 4) is 0 Å². The van der Waals surface area contributed by atoms with E-state index in [4.69, 9.17) is 0 Å². The van der Waals surface area contributed by atoms with Gasteiger partial charge in [-0.05, 0) is 0 Å². The van der Waals surface area contributed by atoms with Crippen molar-refractivity contribution in [1.29, 1.82) is 0 Å². The second-order valence-corrected chi connectivity index (χ2v) is 4.40. The molecule has 0 aliphatic heterocycles. The average molecular weight is 284 g/mol. The third kappa shape index (κ3) is 2.27. The summed E-state index contributed by atoms with van der Waals surface area (Å²) in [5.41, 5.74) is 1.29. The molecular weight excluding hydrogens is 272 g/mol. The van der Waals surface area contributed by atoms with Gasteiger partial charge in [0.2, 0.25) is 0 Å². The van der Waals surface area contributed by atoms with E-state index < -0.39 is 4.92 Å². The molecule has 2 heterocycles. The van der Waals surface area contributed by atoms with Crippen molar-refractivity contribution in [2.24, 2.45) is 0 Å². The second kappa shape index (κ2) is 5.16. The van der Waals surface area contributed by atoms with Gasteiger partial charge in [-0.3, -0.25) is 10.1 Å². The summed E-state index contributed by atoms with van der Waals surface area (Å²) in [5, 5.41) is 19.0. The Kier molecular flexibility index (Phi) is 3.19. The third-order valence-electron chi connectivity index (χ3n) is 3.18. The number of para-hydroxylation sites is 1. The Morgan fingerprint density at radius 3 is 2.90 bits per heavy atom. The van der Waals surface area contributed by atoms with Gasteiger partial charge in [0.25, 0.3) is 5.69 Å². The lowest BCUT2D eigenvalue weighted by atomic mass is 10.2. The minimum absolute atomic E-state index is 0.0732.